The number of hydrogen-bond donors (Lipinski definition) is 2. The van der Waals surface area contributed by atoms with Crippen molar-refractivity contribution in [3.63, 3.8) is 0 Å². The van der Waals surface area contributed by atoms with Crippen LogP contribution >= 0.6 is 0 Å². The second-order valence-corrected chi connectivity index (χ2v) is 6.62. The van der Waals surface area contributed by atoms with Crippen molar-refractivity contribution in [1.29, 1.82) is 0 Å². The summed E-state index contributed by atoms with van der Waals surface area (Å²) in [5.41, 5.74) is 6.15. The van der Waals surface area contributed by atoms with Gasteiger partial charge in [0.25, 0.3) is 11.6 Å². The topological polar surface area (TPSA) is 115 Å². The molecule has 1 aromatic carbocycles. The van der Waals surface area contributed by atoms with Crippen molar-refractivity contribution in [2.45, 2.75) is 51.5 Å². The average Bonchev–Trinajstić information content (AvgIpc) is 2.54. The lowest BCUT2D eigenvalue weighted by Crippen LogP contribution is -2.41. The molecule has 0 bridgehead atoms. The van der Waals surface area contributed by atoms with Crippen molar-refractivity contribution in [3.8, 4) is 0 Å². The van der Waals surface area contributed by atoms with Gasteiger partial charge in [-0.05, 0) is 31.2 Å². The van der Waals surface area contributed by atoms with E-state index >= 15 is 0 Å². The third kappa shape index (κ3) is 4.10. The van der Waals surface area contributed by atoms with Crippen LogP contribution in [-0.2, 0) is 4.79 Å². The highest BCUT2D eigenvalue weighted by Gasteiger charge is 2.27. The van der Waals surface area contributed by atoms with Gasteiger partial charge in [0, 0.05) is 29.2 Å². The van der Waals surface area contributed by atoms with Crippen LogP contribution in [0.25, 0.3) is 0 Å². The van der Waals surface area contributed by atoms with Crippen LogP contribution in [0.3, 0.4) is 0 Å². The van der Waals surface area contributed by atoms with E-state index in [-0.39, 0.29) is 40.9 Å². The van der Waals surface area contributed by atoms with E-state index < -0.39 is 4.92 Å². The number of nitrogens with one attached hydrogen (secondary N) is 1. The number of amides is 2. The first-order chi connectivity index (χ1) is 11.3. The lowest BCUT2D eigenvalue weighted by atomic mass is 9.85. The Morgan fingerprint density at radius 3 is 2.62 bits per heavy atom. The number of nitrogens with zero attached hydrogens (tertiary/aromatic N) is 1. The number of nitro groups is 1. The van der Waals surface area contributed by atoms with Crippen molar-refractivity contribution in [1.82, 2.24) is 5.32 Å². The number of rotatable bonds is 5. The lowest BCUT2D eigenvalue weighted by Gasteiger charge is -2.27. The molecular weight excluding hydrogens is 310 g/mol. The molecule has 1 aliphatic rings. The Morgan fingerprint density at radius 1 is 1.33 bits per heavy atom. The summed E-state index contributed by atoms with van der Waals surface area (Å²) in [6.45, 7) is 3.74. The molecule has 1 aromatic rings. The predicted octanol–water partition coefficient (Wildman–Crippen LogP) is 2.49. The van der Waals surface area contributed by atoms with E-state index in [9.17, 15) is 19.7 Å². The molecule has 1 aliphatic carbocycles. The molecule has 3 N–H and O–H groups in total. The zero-order chi connectivity index (χ0) is 17.9. The first-order valence-electron chi connectivity index (χ1n) is 8.18. The third-order valence-corrected chi connectivity index (χ3v) is 4.52. The van der Waals surface area contributed by atoms with Crippen LogP contribution in [0, 0.1) is 16.0 Å². The first kappa shape index (κ1) is 17.9. The van der Waals surface area contributed by atoms with Gasteiger partial charge in [-0.1, -0.05) is 26.3 Å². The quantitative estimate of drug-likeness (QED) is 0.636. The molecule has 0 unspecified atom stereocenters. The van der Waals surface area contributed by atoms with Gasteiger partial charge in [0.05, 0.1) is 4.92 Å². The smallest absolute Gasteiger partial charge is 0.273 e. The molecule has 0 radical (unpaired) electrons. The molecule has 1 saturated carbocycles. The highest BCUT2D eigenvalue weighted by molar-refractivity contribution is 5.95. The number of primary amides is 1. The Balaban J connectivity index is 2.13. The minimum atomic E-state index is -0.462. The molecule has 130 valence electrons. The van der Waals surface area contributed by atoms with E-state index in [1.807, 2.05) is 13.8 Å². The Morgan fingerprint density at radius 2 is 2.04 bits per heavy atom. The molecule has 2 atom stereocenters. The number of nitro benzene ring substituents is 1. The van der Waals surface area contributed by atoms with E-state index in [1.165, 1.54) is 6.07 Å². The molecule has 0 aliphatic heterocycles. The minimum absolute atomic E-state index is 0.00261. The van der Waals surface area contributed by atoms with Crippen LogP contribution in [0.5, 0.6) is 0 Å². The van der Waals surface area contributed by atoms with E-state index in [0.717, 1.165) is 19.3 Å². The van der Waals surface area contributed by atoms with Gasteiger partial charge in [-0.3, -0.25) is 19.7 Å². The van der Waals surface area contributed by atoms with Crippen LogP contribution in [-0.4, -0.2) is 22.8 Å². The van der Waals surface area contributed by atoms with E-state index in [0.29, 0.717) is 12.0 Å². The fourth-order valence-electron chi connectivity index (χ4n) is 3.18. The molecule has 2 rings (SSSR count). The van der Waals surface area contributed by atoms with Gasteiger partial charge in [0.15, 0.2) is 0 Å². The average molecular weight is 333 g/mol. The summed E-state index contributed by atoms with van der Waals surface area (Å²) >= 11 is 0. The molecule has 0 aromatic heterocycles. The molecular formula is C17H23N3O4. The van der Waals surface area contributed by atoms with Gasteiger partial charge >= 0.3 is 0 Å². The van der Waals surface area contributed by atoms with Crippen LogP contribution in [0.1, 0.15) is 61.4 Å². The lowest BCUT2D eigenvalue weighted by molar-refractivity contribution is -0.385. The number of hydrogen-bond acceptors (Lipinski definition) is 4. The summed E-state index contributed by atoms with van der Waals surface area (Å²) < 4.78 is 0. The normalized spacial score (nSPS) is 20.6. The minimum Gasteiger partial charge on any atom is -0.369 e. The van der Waals surface area contributed by atoms with E-state index in [2.05, 4.69) is 5.32 Å². The van der Waals surface area contributed by atoms with E-state index in [4.69, 9.17) is 5.73 Å². The second-order valence-electron chi connectivity index (χ2n) is 6.62. The molecule has 7 nitrogen and oxygen atoms in total. The molecule has 0 spiro atoms. The number of nitrogens with two attached hydrogens (primary N) is 1. The molecule has 24 heavy (non-hydrogen) atoms. The fraction of sp³-hybridized carbons (Fsp3) is 0.529. The summed E-state index contributed by atoms with van der Waals surface area (Å²) in [7, 11) is 0. The summed E-state index contributed by atoms with van der Waals surface area (Å²) in [6, 6.07) is 4.42. The number of carbonyl (C=O) groups excluding carboxylic acids is 2. The Bertz CT molecular complexity index is 657. The zero-order valence-electron chi connectivity index (χ0n) is 14.0. The van der Waals surface area contributed by atoms with Gasteiger partial charge in [-0.15, -0.1) is 0 Å². The summed E-state index contributed by atoms with van der Waals surface area (Å²) in [6.07, 6.45) is 2.87. The summed E-state index contributed by atoms with van der Waals surface area (Å²) in [4.78, 5) is 34.5. The maximum Gasteiger partial charge on any atom is 0.273 e. The predicted molar refractivity (Wildman–Crippen MR) is 89.6 cm³/mol. The molecule has 7 heteroatoms. The zero-order valence-corrected chi connectivity index (χ0v) is 14.0. The van der Waals surface area contributed by atoms with E-state index in [1.54, 1.807) is 12.1 Å². The third-order valence-electron chi connectivity index (χ3n) is 4.52. The van der Waals surface area contributed by atoms with Crippen molar-refractivity contribution >= 4 is 17.5 Å². The number of benzene rings is 1. The van der Waals surface area contributed by atoms with Crippen molar-refractivity contribution < 1.29 is 14.5 Å². The molecule has 1 fully saturated rings. The maximum atomic E-state index is 12.4. The van der Waals surface area contributed by atoms with Gasteiger partial charge < -0.3 is 11.1 Å². The van der Waals surface area contributed by atoms with Gasteiger partial charge in [-0.2, -0.15) is 0 Å². The first-order valence-corrected chi connectivity index (χ1v) is 8.18. The van der Waals surface area contributed by atoms with Crippen molar-refractivity contribution in [2.75, 3.05) is 0 Å². The Labute approximate surface area is 140 Å². The van der Waals surface area contributed by atoms with Crippen LogP contribution < -0.4 is 11.1 Å². The van der Waals surface area contributed by atoms with Crippen LogP contribution in [0.4, 0.5) is 5.69 Å². The largest absolute Gasteiger partial charge is 0.369 e. The standard InChI is InChI=1S/C17H23N3O4/c1-10(2)14-7-6-12(9-15(14)20(23)24)17(22)19-13-5-3-4-11(8-13)16(18)21/h6-7,9-11,13H,3-5,8H2,1-2H3,(H2,18,21)(H,19,22)/t11-,13-/m0/s1. The van der Waals surface area contributed by atoms with Gasteiger partial charge in [0.2, 0.25) is 5.91 Å². The van der Waals surface area contributed by atoms with Gasteiger partial charge in [-0.25, -0.2) is 0 Å². The van der Waals surface area contributed by atoms with Crippen LogP contribution in [0.15, 0.2) is 18.2 Å². The second kappa shape index (κ2) is 7.42. The Hall–Kier alpha value is -2.44. The molecule has 2 amide bonds. The van der Waals surface area contributed by atoms with Crippen molar-refractivity contribution in [3.05, 3.63) is 39.4 Å². The highest BCUT2D eigenvalue weighted by Crippen LogP contribution is 2.28. The van der Waals surface area contributed by atoms with Gasteiger partial charge in [0.1, 0.15) is 0 Å². The van der Waals surface area contributed by atoms with Crippen molar-refractivity contribution in [2.24, 2.45) is 11.7 Å². The molecule has 0 heterocycles. The SMILES string of the molecule is CC(C)c1ccc(C(=O)N[C@H]2CCC[C@H](C(N)=O)C2)cc1[N+](=O)[O-]. The monoisotopic (exact) mass is 333 g/mol. The highest BCUT2D eigenvalue weighted by atomic mass is 16.6. The number of carbonyl (C=O) groups is 2. The summed E-state index contributed by atoms with van der Waals surface area (Å²) in [5, 5.41) is 14.1. The maximum absolute atomic E-state index is 12.4. The fourth-order valence-corrected chi connectivity index (χ4v) is 3.18. The Kier molecular flexibility index (Phi) is 5.54. The molecule has 0 saturated heterocycles. The van der Waals surface area contributed by atoms with Crippen LogP contribution in [0.2, 0.25) is 0 Å². The summed E-state index contributed by atoms with van der Waals surface area (Å²) in [5.74, 6) is -0.923.